The van der Waals surface area contributed by atoms with Gasteiger partial charge in [-0.1, -0.05) is 12.3 Å². The third-order valence-corrected chi connectivity index (χ3v) is 2.08. The molecule has 0 amide bonds. The van der Waals surface area contributed by atoms with Crippen LogP contribution in [0, 0.1) is 11.8 Å². The second-order valence-electron chi connectivity index (χ2n) is 3.07. The molecule has 0 saturated carbocycles. The second-order valence-corrected chi connectivity index (χ2v) is 3.07. The molecule has 0 radical (unpaired) electrons. The van der Waals surface area contributed by atoms with Crippen LogP contribution in [0.3, 0.4) is 0 Å². The van der Waals surface area contributed by atoms with E-state index in [2.05, 4.69) is 11.8 Å². The molecular formula is C9H10O3. The van der Waals surface area contributed by atoms with Crippen molar-refractivity contribution in [2.24, 2.45) is 0 Å². The van der Waals surface area contributed by atoms with Gasteiger partial charge < -0.3 is 9.47 Å². The first-order valence-corrected chi connectivity index (χ1v) is 4.23. The number of carbonyl (C=O) groups is 1. The highest BCUT2D eigenvalue weighted by molar-refractivity contribution is 5.67. The summed E-state index contributed by atoms with van der Waals surface area (Å²) in [4.78, 5) is 10.5. The summed E-state index contributed by atoms with van der Waals surface area (Å²) in [5.41, 5.74) is 0. The molecule has 12 heavy (non-hydrogen) atoms. The molecule has 2 rings (SSSR count). The van der Waals surface area contributed by atoms with Gasteiger partial charge in [-0.05, 0) is 18.8 Å². The topological polar surface area (TPSA) is 35.5 Å². The Labute approximate surface area is 71.0 Å². The Morgan fingerprint density at radius 3 is 2.83 bits per heavy atom. The van der Waals surface area contributed by atoms with E-state index in [-0.39, 0.29) is 0 Å². The lowest BCUT2D eigenvalue weighted by molar-refractivity contribution is -0.237. The normalized spacial score (nSPS) is 25.2. The molecule has 0 aromatic carbocycles. The van der Waals surface area contributed by atoms with Gasteiger partial charge in [0.05, 0.1) is 0 Å². The van der Waals surface area contributed by atoms with E-state index in [1.165, 1.54) is 0 Å². The lowest BCUT2D eigenvalue weighted by Gasteiger charge is -2.35. The van der Waals surface area contributed by atoms with E-state index in [1.54, 1.807) is 0 Å². The van der Waals surface area contributed by atoms with Crippen LogP contribution in [0.25, 0.3) is 0 Å². The van der Waals surface area contributed by atoms with Gasteiger partial charge in [-0.3, -0.25) is 0 Å². The first-order chi connectivity index (χ1) is 5.81. The number of rotatable bonds is 0. The standard InChI is InChI=1S/C9H10O3/c10-8-11-9(12-8)6-4-2-1-3-5-7-9/h1-4,6H2. The summed E-state index contributed by atoms with van der Waals surface area (Å²) >= 11 is 0. The highest BCUT2D eigenvalue weighted by Crippen LogP contribution is 2.31. The largest absolute Gasteiger partial charge is 0.516 e. The van der Waals surface area contributed by atoms with E-state index in [4.69, 9.17) is 9.47 Å². The third kappa shape index (κ3) is 1.25. The molecule has 1 saturated heterocycles. The lowest BCUT2D eigenvalue weighted by Crippen LogP contribution is -2.49. The summed E-state index contributed by atoms with van der Waals surface area (Å²) < 4.78 is 9.74. The maximum atomic E-state index is 10.5. The van der Waals surface area contributed by atoms with E-state index in [0.29, 0.717) is 6.42 Å². The van der Waals surface area contributed by atoms with Gasteiger partial charge in [-0.15, -0.1) is 0 Å². The SMILES string of the molecule is O=C1OC2(C#CCCCCC2)O1. The minimum absolute atomic E-state index is 0.593. The van der Waals surface area contributed by atoms with E-state index in [9.17, 15) is 4.79 Å². The predicted molar refractivity (Wildman–Crippen MR) is 41.2 cm³/mol. The van der Waals surface area contributed by atoms with Crippen LogP contribution >= 0.6 is 0 Å². The molecule has 1 aliphatic heterocycles. The highest BCUT2D eigenvalue weighted by Gasteiger charge is 2.47. The summed E-state index contributed by atoms with van der Waals surface area (Å²) in [6.07, 6.45) is 4.29. The van der Waals surface area contributed by atoms with Crippen LogP contribution < -0.4 is 0 Å². The number of ether oxygens (including phenoxy) is 2. The molecule has 3 nitrogen and oxygen atoms in total. The van der Waals surface area contributed by atoms with E-state index >= 15 is 0 Å². The van der Waals surface area contributed by atoms with Crippen LogP contribution in [0.4, 0.5) is 4.79 Å². The van der Waals surface area contributed by atoms with Crippen molar-refractivity contribution < 1.29 is 14.3 Å². The molecule has 0 N–H and O–H groups in total. The summed E-state index contributed by atoms with van der Waals surface area (Å²) in [5.74, 6) is 4.93. The minimum Gasteiger partial charge on any atom is -0.379 e. The first kappa shape index (κ1) is 7.48. The van der Waals surface area contributed by atoms with Gasteiger partial charge in [-0.25, -0.2) is 4.79 Å². The van der Waals surface area contributed by atoms with Gasteiger partial charge in [0.1, 0.15) is 0 Å². The van der Waals surface area contributed by atoms with Crippen LogP contribution in [0.1, 0.15) is 32.1 Å². The molecule has 0 bridgehead atoms. The Balaban J connectivity index is 2.07. The summed E-state index contributed by atoms with van der Waals surface area (Å²) in [7, 11) is 0. The van der Waals surface area contributed by atoms with Gasteiger partial charge in [0.15, 0.2) is 0 Å². The quantitative estimate of drug-likeness (QED) is 0.406. The second kappa shape index (κ2) is 2.71. The van der Waals surface area contributed by atoms with Crippen molar-refractivity contribution in [3.05, 3.63) is 0 Å². The monoisotopic (exact) mass is 166 g/mol. The molecule has 3 heteroatoms. The molecule has 1 aliphatic carbocycles. The fraction of sp³-hybridized carbons (Fsp3) is 0.667. The summed E-state index contributed by atoms with van der Waals surface area (Å²) in [6, 6.07) is 0. The highest BCUT2D eigenvalue weighted by atomic mass is 16.9. The number of hydrogen-bond donors (Lipinski definition) is 0. The van der Waals surface area contributed by atoms with Crippen molar-refractivity contribution in [2.75, 3.05) is 0 Å². The predicted octanol–water partition coefficient (Wildman–Crippen LogP) is 1.82. The molecule has 0 unspecified atom stereocenters. The third-order valence-electron chi connectivity index (χ3n) is 2.08. The summed E-state index contributed by atoms with van der Waals surface area (Å²) in [5, 5.41) is 0. The maximum Gasteiger partial charge on any atom is 0.516 e. The Kier molecular flexibility index (Phi) is 1.69. The smallest absolute Gasteiger partial charge is 0.379 e. The molecule has 0 aromatic rings. The zero-order valence-corrected chi connectivity index (χ0v) is 6.76. The Hall–Kier alpha value is -1.17. The number of carbonyl (C=O) groups excluding carboxylic acids is 1. The van der Waals surface area contributed by atoms with Crippen molar-refractivity contribution in [3.8, 4) is 11.8 Å². The average molecular weight is 166 g/mol. The van der Waals surface area contributed by atoms with Gasteiger partial charge >= 0.3 is 11.9 Å². The Morgan fingerprint density at radius 2 is 2.08 bits per heavy atom. The molecular weight excluding hydrogens is 156 g/mol. The van der Waals surface area contributed by atoms with Gasteiger partial charge in [-0.2, -0.15) is 0 Å². The van der Waals surface area contributed by atoms with Crippen LogP contribution in [0.2, 0.25) is 0 Å². The lowest BCUT2D eigenvalue weighted by atomic mass is 10.0. The van der Waals surface area contributed by atoms with Crippen molar-refractivity contribution >= 4 is 6.16 Å². The van der Waals surface area contributed by atoms with Gasteiger partial charge in [0, 0.05) is 12.8 Å². The van der Waals surface area contributed by atoms with Gasteiger partial charge in [0.2, 0.25) is 0 Å². The Bertz CT molecular complexity index is 251. The van der Waals surface area contributed by atoms with Crippen LogP contribution in [-0.4, -0.2) is 11.9 Å². The molecule has 2 aliphatic rings. The van der Waals surface area contributed by atoms with E-state index in [0.717, 1.165) is 25.7 Å². The fourth-order valence-corrected chi connectivity index (χ4v) is 1.44. The Morgan fingerprint density at radius 1 is 1.25 bits per heavy atom. The van der Waals surface area contributed by atoms with E-state index < -0.39 is 11.9 Å². The minimum atomic E-state index is -0.864. The first-order valence-electron chi connectivity index (χ1n) is 4.23. The van der Waals surface area contributed by atoms with E-state index in [1.807, 2.05) is 0 Å². The maximum absolute atomic E-state index is 10.5. The average Bonchev–Trinajstić information content (AvgIpc) is 1.92. The molecule has 1 heterocycles. The zero-order valence-electron chi connectivity index (χ0n) is 6.76. The van der Waals surface area contributed by atoms with Gasteiger partial charge in [0.25, 0.3) is 0 Å². The zero-order chi connectivity index (χ0) is 8.44. The van der Waals surface area contributed by atoms with Crippen molar-refractivity contribution in [3.63, 3.8) is 0 Å². The molecule has 1 fully saturated rings. The number of hydrogen-bond acceptors (Lipinski definition) is 3. The van der Waals surface area contributed by atoms with Crippen LogP contribution in [0.15, 0.2) is 0 Å². The molecule has 1 spiro atoms. The van der Waals surface area contributed by atoms with Crippen molar-refractivity contribution in [1.82, 2.24) is 0 Å². The van der Waals surface area contributed by atoms with Crippen molar-refractivity contribution in [1.29, 1.82) is 0 Å². The summed E-state index contributed by atoms with van der Waals surface area (Å²) in [6.45, 7) is 0. The van der Waals surface area contributed by atoms with Crippen LogP contribution in [0.5, 0.6) is 0 Å². The molecule has 64 valence electrons. The molecule has 0 atom stereocenters. The fourth-order valence-electron chi connectivity index (χ4n) is 1.44. The van der Waals surface area contributed by atoms with Crippen molar-refractivity contribution in [2.45, 2.75) is 37.9 Å². The van der Waals surface area contributed by atoms with Crippen LogP contribution in [-0.2, 0) is 9.47 Å². The molecule has 0 aromatic heterocycles.